The van der Waals surface area contributed by atoms with Crippen LogP contribution < -0.4 is 5.32 Å². The fraction of sp³-hybridized carbons (Fsp3) is 0.867. The van der Waals surface area contributed by atoms with Crippen LogP contribution in [0.2, 0.25) is 0 Å². The Kier molecular flexibility index (Phi) is 6.16. The molecule has 0 amide bonds. The zero-order valence-corrected chi connectivity index (χ0v) is 15.3. The number of nitrogens with one attached hydrogen (secondary N) is 1. The summed E-state index contributed by atoms with van der Waals surface area (Å²) in [5, 5.41) is 7.54. The first-order chi connectivity index (χ1) is 10.8. The van der Waals surface area contributed by atoms with Crippen molar-refractivity contribution in [3.63, 3.8) is 0 Å². The van der Waals surface area contributed by atoms with Gasteiger partial charge in [0.15, 0.2) is 5.82 Å². The zero-order chi connectivity index (χ0) is 17.0. The van der Waals surface area contributed by atoms with Crippen LogP contribution in [0.4, 0.5) is 0 Å². The van der Waals surface area contributed by atoms with Crippen LogP contribution in [0.3, 0.4) is 0 Å². The molecule has 1 aromatic rings. The maximum absolute atomic E-state index is 11.7. The van der Waals surface area contributed by atoms with E-state index in [2.05, 4.69) is 29.3 Å². The molecule has 1 fully saturated rings. The number of aromatic nitrogens is 2. The summed E-state index contributed by atoms with van der Waals surface area (Å²) in [4.78, 5) is 4.42. The Bertz CT molecular complexity index is 602. The van der Waals surface area contributed by atoms with Gasteiger partial charge in [-0.3, -0.25) is 0 Å². The van der Waals surface area contributed by atoms with E-state index in [0.29, 0.717) is 24.9 Å². The molecule has 3 atom stereocenters. The molecule has 1 aliphatic heterocycles. The van der Waals surface area contributed by atoms with Gasteiger partial charge in [0.05, 0.1) is 12.3 Å². The third kappa shape index (κ3) is 4.74. The summed E-state index contributed by atoms with van der Waals surface area (Å²) in [7, 11) is -3.11. The molecule has 7 nitrogen and oxygen atoms in total. The number of hydrogen-bond donors (Lipinski definition) is 1. The summed E-state index contributed by atoms with van der Waals surface area (Å²) in [6.07, 6.45) is 4.82. The smallest absolute Gasteiger partial charge is 0.243 e. The minimum atomic E-state index is -3.11. The largest absolute Gasteiger partial charge is 0.338 e. The second kappa shape index (κ2) is 7.72. The molecular formula is C15H28N4O3S. The Labute approximate surface area is 138 Å². The lowest BCUT2D eigenvalue weighted by Crippen LogP contribution is -2.51. The van der Waals surface area contributed by atoms with E-state index in [1.807, 2.05) is 6.92 Å². The Morgan fingerprint density at radius 3 is 2.78 bits per heavy atom. The van der Waals surface area contributed by atoms with Gasteiger partial charge in [-0.05, 0) is 25.7 Å². The lowest BCUT2D eigenvalue weighted by molar-refractivity contribution is 0.185. The fourth-order valence-corrected chi connectivity index (χ4v) is 3.99. The number of rotatable bonds is 7. The minimum Gasteiger partial charge on any atom is -0.338 e. The summed E-state index contributed by atoms with van der Waals surface area (Å²) in [6, 6.07) is 0.228. The number of nitrogens with zero attached hydrogens (tertiary/aromatic N) is 3. The Balaban J connectivity index is 1.98. The highest BCUT2D eigenvalue weighted by Gasteiger charge is 2.33. The molecule has 23 heavy (non-hydrogen) atoms. The molecule has 1 N–H and O–H groups in total. The first-order valence-corrected chi connectivity index (χ1v) is 10.2. The Hall–Kier alpha value is -0.990. The number of sulfonamides is 1. The third-order valence-electron chi connectivity index (χ3n) is 4.48. The lowest BCUT2D eigenvalue weighted by atomic mass is 9.90. The van der Waals surface area contributed by atoms with Crippen LogP contribution in [-0.2, 0) is 16.4 Å². The van der Waals surface area contributed by atoms with E-state index in [4.69, 9.17) is 4.52 Å². The van der Waals surface area contributed by atoms with Gasteiger partial charge in [0, 0.05) is 25.6 Å². The van der Waals surface area contributed by atoms with Crippen molar-refractivity contribution in [2.24, 2.45) is 5.92 Å². The van der Waals surface area contributed by atoms with Crippen LogP contribution in [-0.4, -0.2) is 48.3 Å². The van der Waals surface area contributed by atoms with E-state index in [1.54, 1.807) is 4.31 Å². The number of piperidine rings is 1. The van der Waals surface area contributed by atoms with Crippen molar-refractivity contribution in [1.29, 1.82) is 0 Å². The second-order valence-corrected chi connectivity index (χ2v) is 8.35. The molecule has 0 spiro atoms. The van der Waals surface area contributed by atoms with Crippen molar-refractivity contribution in [1.82, 2.24) is 19.8 Å². The fourth-order valence-electron chi connectivity index (χ4n) is 3.09. The maximum Gasteiger partial charge on any atom is 0.243 e. The highest BCUT2D eigenvalue weighted by Crippen LogP contribution is 2.24. The van der Waals surface area contributed by atoms with Crippen LogP contribution >= 0.6 is 0 Å². The molecule has 1 saturated heterocycles. The summed E-state index contributed by atoms with van der Waals surface area (Å²) in [6.45, 7) is 7.33. The summed E-state index contributed by atoms with van der Waals surface area (Å²) in [5.74, 6) is 1.64. The van der Waals surface area contributed by atoms with Crippen LogP contribution in [0.5, 0.6) is 0 Å². The average Bonchev–Trinajstić information content (AvgIpc) is 2.95. The predicted octanol–water partition coefficient (Wildman–Crippen LogP) is 1.73. The van der Waals surface area contributed by atoms with Crippen LogP contribution in [0, 0.1) is 5.92 Å². The maximum atomic E-state index is 11.7. The zero-order valence-electron chi connectivity index (χ0n) is 14.4. The molecule has 8 heteroatoms. The van der Waals surface area contributed by atoms with Gasteiger partial charge in [0.25, 0.3) is 0 Å². The molecular weight excluding hydrogens is 316 g/mol. The van der Waals surface area contributed by atoms with Crippen molar-refractivity contribution < 1.29 is 12.9 Å². The van der Waals surface area contributed by atoms with Gasteiger partial charge in [0.2, 0.25) is 15.9 Å². The van der Waals surface area contributed by atoms with Gasteiger partial charge in [0.1, 0.15) is 0 Å². The van der Waals surface area contributed by atoms with Crippen LogP contribution in [0.1, 0.15) is 57.8 Å². The van der Waals surface area contributed by atoms with Crippen LogP contribution in [0.15, 0.2) is 4.52 Å². The van der Waals surface area contributed by atoms with E-state index in [9.17, 15) is 8.42 Å². The molecule has 2 rings (SSSR count). The van der Waals surface area contributed by atoms with Crippen LogP contribution in [0.25, 0.3) is 0 Å². The van der Waals surface area contributed by atoms with Crippen molar-refractivity contribution in [3.8, 4) is 0 Å². The van der Waals surface area contributed by atoms with E-state index in [1.165, 1.54) is 6.26 Å². The molecule has 132 valence electrons. The molecule has 0 radical (unpaired) electrons. The quantitative estimate of drug-likeness (QED) is 0.810. The molecule has 2 heterocycles. The summed E-state index contributed by atoms with van der Waals surface area (Å²) >= 11 is 0. The molecule has 0 saturated carbocycles. The lowest BCUT2D eigenvalue weighted by Gasteiger charge is -2.38. The van der Waals surface area contributed by atoms with Gasteiger partial charge in [-0.25, -0.2) is 12.7 Å². The number of hydrogen-bond acceptors (Lipinski definition) is 6. The van der Waals surface area contributed by atoms with Gasteiger partial charge in [-0.2, -0.15) is 4.98 Å². The first kappa shape index (κ1) is 18.4. The Morgan fingerprint density at radius 1 is 1.43 bits per heavy atom. The van der Waals surface area contributed by atoms with Crippen molar-refractivity contribution >= 4 is 10.0 Å². The molecule has 1 aliphatic rings. The summed E-state index contributed by atoms with van der Waals surface area (Å²) < 4.78 is 30.4. The summed E-state index contributed by atoms with van der Waals surface area (Å²) in [5.41, 5.74) is 0. The molecule has 1 aromatic heterocycles. The van der Waals surface area contributed by atoms with Gasteiger partial charge < -0.3 is 9.84 Å². The number of aryl methyl sites for hydroxylation is 1. The average molecular weight is 344 g/mol. The van der Waals surface area contributed by atoms with Gasteiger partial charge in [-0.1, -0.05) is 25.4 Å². The van der Waals surface area contributed by atoms with E-state index in [0.717, 1.165) is 31.5 Å². The van der Waals surface area contributed by atoms with Crippen molar-refractivity contribution in [2.45, 2.75) is 58.5 Å². The normalized spacial score (nSPS) is 24.7. The topological polar surface area (TPSA) is 88.3 Å². The minimum absolute atomic E-state index is 0.0306. The predicted molar refractivity (Wildman–Crippen MR) is 88.4 cm³/mol. The molecule has 0 aliphatic carbocycles. The van der Waals surface area contributed by atoms with Crippen molar-refractivity contribution in [3.05, 3.63) is 11.7 Å². The molecule has 0 unspecified atom stereocenters. The third-order valence-corrected chi connectivity index (χ3v) is 5.75. The van der Waals surface area contributed by atoms with E-state index in [-0.39, 0.29) is 12.1 Å². The van der Waals surface area contributed by atoms with Crippen molar-refractivity contribution in [2.75, 3.05) is 19.3 Å². The SMILES string of the molecule is CCCc1noc([C@H](C)N[C@@H]2CCN(S(C)(=O)=O)C[C@@H]2CC)n1. The highest BCUT2D eigenvalue weighted by molar-refractivity contribution is 7.88. The van der Waals surface area contributed by atoms with Gasteiger partial charge in [-0.15, -0.1) is 0 Å². The van der Waals surface area contributed by atoms with E-state index >= 15 is 0 Å². The second-order valence-electron chi connectivity index (χ2n) is 6.37. The standard InChI is InChI=1S/C15H28N4O3S/c1-5-7-14-17-15(22-18-14)11(3)16-13-8-9-19(23(4,20)21)10-12(13)6-2/h11-13,16H,5-10H2,1-4H3/t11-,12-,13+/m0/s1. The monoisotopic (exact) mass is 344 g/mol. The molecule has 0 aromatic carbocycles. The Morgan fingerprint density at radius 2 is 2.17 bits per heavy atom. The van der Waals surface area contributed by atoms with E-state index < -0.39 is 10.0 Å². The first-order valence-electron chi connectivity index (χ1n) is 8.38. The highest BCUT2D eigenvalue weighted by atomic mass is 32.2. The van der Waals surface area contributed by atoms with Gasteiger partial charge >= 0.3 is 0 Å². The molecule has 0 bridgehead atoms.